The smallest absolute Gasteiger partial charge is 0.123 e. The molecule has 0 aliphatic heterocycles. The highest BCUT2D eigenvalue weighted by molar-refractivity contribution is 5.83. The third kappa shape index (κ3) is 3.88. The molecule has 0 saturated carbocycles. The minimum absolute atomic E-state index is 0.177. The highest BCUT2D eigenvalue weighted by atomic mass is 19.1. The van der Waals surface area contributed by atoms with Crippen molar-refractivity contribution in [2.24, 2.45) is 5.73 Å². The van der Waals surface area contributed by atoms with Crippen LogP contribution in [0.15, 0.2) is 66.7 Å². The monoisotopic (exact) mass is 309 g/mol. The number of hydrogen-bond donors (Lipinski definition) is 1. The largest absolute Gasteiger partial charge is 0.494 e. The Bertz CT molecular complexity index is 770. The Morgan fingerprint density at radius 2 is 1.65 bits per heavy atom. The third-order valence-electron chi connectivity index (χ3n) is 4.08. The zero-order valence-electron chi connectivity index (χ0n) is 12.9. The molecular formula is C20H20FNO. The van der Waals surface area contributed by atoms with Crippen molar-refractivity contribution in [3.63, 3.8) is 0 Å². The summed E-state index contributed by atoms with van der Waals surface area (Å²) in [5, 5.41) is 2.37. The molecule has 0 fully saturated rings. The van der Waals surface area contributed by atoms with Crippen LogP contribution < -0.4 is 10.5 Å². The lowest BCUT2D eigenvalue weighted by molar-refractivity contribution is 0.298. The fourth-order valence-electron chi connectivity index (χ4n) is 2.73. The van der Waals surface area contributed by atoms with E-state index in [1.54, 1.807) is 12.1 Å². The summed E-state index contributed by atoms with van der Waals surface area (Å²) in [6, 6.07) is 20.8. The number of rotatable bonds is 6. The van der Waals surface area contributed by atoms with E-state index in [1.165, 1.54) is 22.9 Å². The molecule has 2 N–H and O–H groups in total. The predicted octanol–water partition coefficient (Wildman–Crippen LogP) is 4.49. The molecule has 2 nitrogen and oxygen atoms in total. The van der Waals surface area contributed by atoms with Crippen LogP contribution >= 0.6 is 0 Å². The number of fused-ring (bicyclic) bond motifs is 1. The molecule has 1 unspecified atom stereocenters. The van der Waals surface area contributed by atoms with Gasteiger partial charge in [0.1, 0.15) is 11.6 Å². The van der Waals surface area contributed by atoms with Crippen molar-refractivity contribution in [1.82, 2.24) is 0 Å². The third-order valence-corrected chi connectivity index (χ3v) is 4.08. The Balaban J connectivity index is 1.61. The van der Waals surface area contributed by atoms with Crippen molar-refractivity contribution in [2.45, 2.75) is 12.3 Å². The molecule has 3 heteroatoms. The van der Waals surface area contributed by atoms with Gasteiger partial charge in [-0.05, 0) is 59.5 Å². The Kier molecular flexibility index (Phi) is 4.89. The van der Waals surface area contributed by atoms with E-state index in [0.717, 1.165) is 17.7 Å². The molecule has 0 aliphatic rings. The number of ether oxygens (including phenoxy) is 1. The van der Waals surface area contributed by atoms with Crippen LogP contribution in [-0.4, -0.2) is 13.2 Å². The van der Waals surface area contributed by atoms with Crippen LogP contribution in [0.25, 0.3) is 10.8 Å². The van der Waals surface area contributed by atoms with Crippen molar-refractivity contribution in [3.05, 3.63) is 78.1 Å². The first-order valence-electron chi connectivity index (χ1n) is 7.83. The van der Waals surface area contributed by atoms with Crippen LogP contribution in [0.5, 0.6) is 5.75 Å². The normalized spacial score (nSPS) is 12.3. The zero-order chi connectivity index (χ0) is 16.1. The molecule has 0 aromatic heterocycles. The van der Waals surface area contributed by atoms with Gasteiger partial charge in [-0.2, -0.15) is 0 Å². The molecule has 0 aliphatic carbocycles. The van der Waals surface area contributed by atoms with E-state index >= 15 is 0 Å². The van der Waals surface area contributed by atoms with Crippen LogP contribution in [0, 0.1) is 5.82 Å². The van der Waals surface area contributed by atoms with Crippen LogP contribution in [0.1, 0.15) is 17.9 Å². The van der Waals surface area contributed by atoms with E-state index in [9.17, 15) is 4.39 Å². The SMILES string of the molecule is NCC(CCOc1ccc2ccccc2c1)c1ccc(F)cc1. The van der Waals surface area contributed by atoms with Crippen molar-refractivity contribution in [1.29, 1.82) is 0 Å². The minimum Gasteiger partial charge on any atom is -0.494 e. The molecule has 118 valence electrons. The number of nitrogens with two attached hydrogens (primary N) is 1. The van der Waals surface area contributed by atoms with Gasteiger partial charge in [-0.15, -0.1) is 0 Å². The summed E-state index contributed by atoms with van der Waals surface area (Å²) in [5.41, 5.74) is 6.90. The van der Waals surface area contributed by atoms with Crippen molar-refractivity contribution in [2.75, 3.05) is 13.2 Å². The van der Waals surface area contributed by atoms with Gasteiger partial charge in [0.15, 0.2) is 0 Å². The Morgan fingerprint density at radius 1 is 0.913 bits per heavy atom. The molecule has 1 atom stereocenters. The maximum Gasteiger partial charge on any atom is 0.123 e. The topological polar surface area (TPSA) is 35.2 Å². The molecule has 3 aromatic rings. The van der Waals surface area contributed by atoms with E-state index in [0.29, 0.717) is 13.2 Å². The van der Waals surface area contributed by atoms with Gasteiger partial charge >= 0.3 is 0 Å². The molecular weight excluding hydrogens is 289 g/mol. The summed E-state index contributed by atoms with van der Waals surface area (Å²) < 4.78 is 18.9. The average molecular weight is 309 g/mol. The zero-order valence-corrected chi connectivity index (χ0v) is 12.9. The van der Waals surface area contributed by atoms with Gasteiger partial charge in [0, 0.05) is 0 Å². The lowest BCUT2D eigenvalue weighted by Gasteiger charge is -2.16. The second-order valence-corrected chi connectivity index (χ2v) is 5.63. The van der Waals surface area contributed by atoms with Crippen molar-refractivity contribution >= 4 is 10.8 Å². The second-order valence-electron chi connectivity index (χ2n) is 5.63. The summed E-state index contributed by atoms with van der Waals surface area (Å²) in [7, 11) is 0. The lowest BCUT2D eigenvalue weighted by atomic mass is 9.96. The van der Waals surface area contributed by atoms with Gasteiger partial charge in [0.2, 0.25) is 0 Å². The van der Waals surface area contributed by atoms with Gasteiger partial charge in [-0.25, -0.2) is 4.39 Å². The molecule has 23 heavy (non-hydrogen) atoms. The standard InChI is InChI=1S/C20H20FNO/c21-19-8-5-16(6-9-19)18(14-22)11-12-23-20-10-7-15-3-1-2-4-17(15)13-20/h1-10,13,18H,11-12,14,22H2. The van der Waals surface area contributed by atoms with E-state index in [4.69, 9.17) is 10.5 Å². The van der Waals surface area contributed by atoms with Gasteiger partial charge in [0.25, 0.3) is 0 Å². The van der Waals surface area contributed by atoms with E-state index in [1.807, 2.05) is 24.3 Å². The number of hydrogen-bond acceptors (Lipinski definition) is 2. The first kappa shape index (κ1) is 15.5. The van der Waals surface area contributed by atoms with Crippen LogP contribution in [0.2, 0.25) is 0 Å². The van der Waals surface area contributed by atoms with Crippen LogP contribution in [0.3, 0.4) is 0 Å². The highest BCUT2D eigenvalue weighted by Crippen LogP contribution is 2.23. The van der Waals surface area contributed by atoms with E-state index in [2.05, 4.69) is 18.2 Å². The van der Waals surface area contributed by atoms with Gasteiger partial charge in [-0.1, -0.05) is 42.5 Å². The lowest BCUT2D eigenvalue weighted by Crippen LogP contribution is -2.15. The number of halogens is 1. The summed E-state index contributed by atoms with van der Waals surface area (Å²) in [6.45, 7) is 1.10. The highest BCUT2D eigenvalue weighted by Gasteiger charge is 2.10. The van der Waals surface area contributed by atoms with Gasteiger partial charge in [-0.3, -0.25) is 0 Å². The summed E-state index contributed by atoms with van der Waals surface area (Å²) >= 11 is 0. The van der Waals surface area contributed by atoms with Gasteiger partial charge in [0.05, 0.1) is 6.61 Å². The fraction of sp³-hybridized carbons (Fsp3) is 0.200. The van der Waals surface area contributed by atoms with Crippen LogP contribution in [-0.2, 0) is 0 Å². The summed E-state index contributed by atoms with van der Waals surface area (Å²) in [5.74, 6) is 0.812. The minimum atomic E-state index is -0.225. The van der Waals surface area contributed by atoms with Crippen LogP contribution in [0.4, 0.5) is 4.39 Å². The average Bonchev–Trinajstić information content (AvgIpc) is 2.60. The molecule has 0 heterocycles. The molecule has 3 aromatic carbocycles. The molecule has 0 saturated heterocycles. The predicted molar refractivity (Wildman–Crippen MR) is 92.3 cm³/mol. The van der Waals surface area contributed by atoms with E-state index in [-0.39, 0.29) is 11.7 Å². The quantitative estimate of drug-likeness (QED) is 0.728. The summed E-state index contributed by atoms with van der Waals surface area (Å²) in [4.78, 5) is 0. The van der Waals surface area contributed by atoms with Crippen molar-refractivity contribution < 1.29 is 9.13 Å². The number of benzene rings is 3. The Morgan fingerprint density at radius 3 is 2.39 bits per heavy atom. The first-order chi connectivity index (χ1) is 11.3. The molecule has 3 rings (SSSR count). The van der Waals surface area contributed by atoms with E-state index < -0.39 is 0 Å². The fourth-order valence-corrected chi connectivity index (χ4v) is 2.73. The first-order valence-corrected chi connectivity index (χ1v) is 7.83. The maximum atomic E-state index is 13.0. The molecule has 0 bridgehead atoms. The Hall–Kier alpha value is -2.39. The summed E-state index contributed by atoms with van der Waals surface area (Å²) in [6.07, 6.45) is 0.801. The molecule has 0 amide bonds. The maximum absolute atomic E-state index is 13.0. The Labute approximate surface area is 135 Å². The van der Waals surface area contributed by atoms with Gasteiger partial charge < -0.3 is 10.5 Å². The molecule has 0 radical (unpaired) electrons. The second kappa shape index (κ2) is 7.25. The van der Waals surface area contributed by atoms with Crippen molar-refractivity contribution in [3.8, 4) is 5.75 Å². The molecule has 0 spiro atoms.